The molecule has 10 heteroatoms. The number of carbonyl (C=O) groups excluding carboxylic acids is 2. The summed E-state index contributed by atoms with van der Waals surface area (Å²) in [5.74, 6) is -0.850. The summed E-state index contributed by atoms with van der Waals surface area (Å²) in [5.41, 5.74) is 3.34. The molecule has 0 aliphatic carbocycles. The zero-order valence-corrected chi connectivity index (χ0v) is 23.2. The first kappa shape index (κ1) is 37.1. The first-order chi connectivity index (χ1) is 18.0. The van der Waals surface area contributed by atoms with Crippen molar-refractivity contribution >= 4 is 17.5 Å². The van der Waals surface area contributed by atoms with Crippen molar-refractivity contribution in [1.82, 2.24) is 5.43 Å². The predicted molar refractivity (Wildman–Crippen MR) is 145 cm³/mol. The summed E-state index contributed by atoms with van der Waals surface area (Å²) in [6.07, 6.45) is 4.77. The summed E-state index contributed by atoms with van der Waals surface area (Å²) < 4.78 is 14.4. The van der Waals surface area contributed by atoms with E-state index in [1.54, 1.807) is 12.1 Å². The van der Waals surface area contributed by atoms with Gasteiger partial charge in [-0.3, -0.25) is 15.0 Å². The molecule has 1 aromatic carbocycles. The number of carbonyl (C=O) groups is 2. The van der Waals surface area contributed by atoms with E-state index >= 15 is 0 Å². The van der Waals surface area contributed by atoms with Gasteiger partial charge in [0.1, 0.15) is 5.92 Å². The van der Waals surface area contributed by atoms with Crippen LogP contribution in [0.4, 0.5) is 5.69 Å². The summed E-state index contributed by atoms with van der Waals surface area (Å²) in [6.45, 7) is 11.9. The van der Waals surface area contributed by atoms with Crippen LogP contribution in [0.15, 0.2) is 30.3 Å². The maximum absolute atomic E-state index is 12.1. The summed E-state index contributed by atoms with van der Waals surface area (Å²) in [6, 6.07) is 9.17. The van der Waals surface area contributed by atoms with Crippen LogP contribution in [0.1, 0.15) is 59.8 Å². The molecule has 1 saturated heterocycles. The van der Waals surface area contributed by atoms with Crippen molar-refractivity contribution in [3.63, 3.8) is 0 Å². The molecule has 0 saturated carbocycles. The van der Waals surface area contributed by atoms with Crippen molar-refractivity contribution < 1.29 is 39.1 Å². The molecule has 37 heavy (non-hydrogen) atoms. The number of benzene rings is 1. The minimum atomic E-state index is -0.518. The van der Waals surface area contributed by atoms with Crippen LogP contribution in [0.25, 0.3) is 0 Å². The lowest BCUT2D eigenvalue weighted by Gasteiger charge is -2.14. The van der Waals surface area contributed by atoms with Crippen molar-refractivity contribution in [2.24, 2.45) is 5.92 Å². The van der Waals surface area contributed by atoms with Crippen molar-refractivity contribution in [2.75, 3.05) is 64.5 Å². The monoisotopic (exact) mass is 530 g/mol. The Labute approximate surface area is 222 Å². The zero-order valence-electron chi connectivity index (χ0n) is 23.2. The van der Waals surface area contributed by atoms with Crippen molar-refractivity contribution in [3.8, 4) is 0 Å². The van der Waals surface area contributed by atoms with Gasteiger partial charge in [-0.1, -0.05) is 51.3 Å². The molecule has 1 aliphatic rings. The van der Waals surface area contributed by atoms with Gasteiger partial charge in [-0.25, -0.2) is 5.01 Å². The van der Waals surface area contributed by atoms with Crippen LogP contribution < -0.4 is 10.4 Å². The summed E-state index contributed by atoms with van der Waals surface area (Å²) in [5, 5.41) is 25.8. The van der Waals surface area contributed by atoms with E-state index in [4.69, 9.17) is 24.8 Å². The number of aliphatic hydroxyl groups is 3. The van der Waals surface area contributed by atoms with E-state index in [2.05, 4.69) is 17.1 Å². The fourth-order valence-electron chi connectivity index (χ4n) is 2.79. The molecule has 0 aromatic heterocycles. The molecular weight excluding hydrogens is 480 g/mol. The Hall–Kier alpha value is -2.08. The number of hydrazine groups is 1. The highest BCUT2D eigenvalue weighted by molar-refractivity contribution is 6.14. The molecule has 0 radical (unpaired) electrons. The van der Waals surface area contributed by atoms with Gasteiger partial charge in [0, 0.05) is 19.8 Å². The number of rotatable bonds is 15. The van der Waals surface area contributed by atoms with Crippen LogP contribution in [-0.2, 0) is 23.8 Å². The van der Waals surface area contributed by atoms with E-state index in [0.717, 1.165) is 45.5 Å². The van der Waals surface area contributed by atoms with Crippen LogP contribution in [-0.4, -0.2) is 86.6 Å². The second-order valence-corrected chi connectivity index (χ2v) is 7.71. The number of para-hydroxylation sites is 1. The van der Waals surface area contributed by atoms with Gasteiger partial charge in [0.2, 0.25) is 0 Å². The summed E-state index contributed by atoms with van der Waals surface area (Å²) in [4.78, 5) is 23.8. The Kier molecular flexibility index (Phi) is 28.5. The lowest BCUT2D eigenvalue weighted by atomic mass is 10.0. The van der Waals surface area contributed by atoms with Crippen LogP contribution >= 0.6 is 0 Å². The van der Waals surface area contributed by atoms with Gasteiger partial charge in [-0.05, 0) is 38.8 Å². The second kappa shape index (κ2) is 28.5. The SMILES string of the molecule is CCCCC1C(=O)NN(c2ccccc2)C1=O.CCCCOCCO.CCOCC.OCCOCCO. The number of nitrogens with zero attached hydrogens (tertiary/aromatic N) is 1. The molecule has 4 N–H and O–H groups in total. The van der Waals surface area contributed by atoms with E-state index in [1.165, 1.54) is 5.01 Å². The van der Waals surface area contributed by atoms with E-state index in [0.29, 0.717) is 31.9 Å². The smallest absolute Gasteiger partial charge is 0.258 e. The van der Waals surface area contributed by atoms with E-state index < -0.39 is 5.92 Å². The van der Waals surface area contributed by atoms with Crippen molar-refractivity contribution in [1.29, 1.82) is 0 Å². The number of aliphatic hydroxyl groups excluding tert-OH is 3. The predicted octanol–water partition coefficient (Wildman–Crippen LogP) is 2.70. The largest absolute Gasteiger partial charge is 0.394 e. The molecule has 2 amide bonds. The Bertz CT molecular complexity index is 622. The van der Waals surface area contributed by atoms with Gasteiger partial charge >= 0.3 is 0 Å². The number of nitrogens with one attached hydrogen (secondary N) is 1. The van der Waals surface area contributed by atoms with Crippen LogP contribution in [0.2, 0.25) is 0 Å². The second-order valence-electron chi connectivity index (χ2n) is 7.71. The molecule has 1 aliphatic heterocycles. The van der Waals surface area contributed by atoms with Crippen molar-refractivity contribution in [2.45, 2.75) is 59.8 Å². The third-order valence-electron chi connectivity index (χ3n) is 4.68. The molecule has 216 valence electrons. The standard InChI is InChI=1S/C13H16N2O2.C6H14O2.C4H10O3.C4H10O/c1-2-3-9-11-12(16)14-15(13(11)17)10-7-5-4-6-8-10;1-2-3-5-8-6-4-7;5-1-3-7-4-2-6;1-3-5-4-2/h4-8,11H,2-3,9H2,1H3,(H,14,16);7H,2-6H2,1H3;5-6H,1-4H2;3-4H2,1-2H3. The number of hydrogen-bond acceptors (Lipinski definition) is 8. The van der Waals surface area contributed by atoms with Gasteiger partial charge in [-0.15, -0.1) is 0 Å². The molecule has 0 bridgehead atoms. The van der Waals surface area contributed by atoms with Gasteiger partial charge in [-0.2, -0.15) is 0 Å². The molecular formula is C27H50N2O8. The number of amides is 2. The normalized spacial score (nSPS) is 14.0. The minimum absolute atomic E-state index is 0.0278. The van der Waals surface area contributed by atoms with Gasteiger partial charge in [0.15, 0.2) is 0 Å². The molecule has 10 nitrogen and oxygen atoms in total. The van der Waals surface area contributed by atoms with Crippen LogP contribution in [0.3, 0.4) is 0 Å². The number of unbranched alkanes of at least 4 members (excludes halogenated alkanes) is 2. The minimum Gasteiger partial charge on any atom is -0.394 e. The lowest BCUT2D eigenvalue weighted by molar-refractivity contribution is -0.127. The van der Waals surface area contributed by atoms with Gasteiger partial charge < -0.3 is 29.5 Å². The third kappa shape index (κ3) is 20.6. The highest BCUT2D eigenvalue weighted by Gasteiger charge is 2.39. The fraction of sp³-hybridized carbons (Fsp3) is 0.704. The molecule has 2 rings (SSSR count). The van der Waals surface area contributed by atoms with E-state index in [9.17, 15) is 9.59 Å². The maximum Gasteiger partial charge on any atom is 0.258 e. The highest BCUT2D eigenvalue weighted by atomic mass is 16.5. The lowest BCUT2D eigenvalue weighted by Crippen LogP contribution is -2.35. The van der Waals surface area contributed by atoms with Gasteiger partial charge in [0.05, 0.1) is 45.3 Å². The maximum atomic E-state index is 12.1. The number of hydrogen-bond donors (Lipinski definition) is 4. The Balaban J connectivity index is 0. The quantitative estimate of drug-likeness (QED) is 0.201. The zero-order chi connectivity index (χ0) is 28.2. The summed E-state index contributed by atoms with van der Waals surface area (Å²) >= 11 is 0. The van der Waals surface area contributed by atoms with Crippen LogP contribution in [0.5, 0.6) is 0 Å². The Morgan fingerprint density at radius 1 is 0.757 bits per heavy atom. The molecule has 1 heterocycles. The topological polar surface area (TPSA) is 138 Å². The van der Waals surface area contributed by atoms with E-state index in [1.807, 2.05) is 39.0 Å². The van der Waals surface area contributed by atoms with Crippen molar-refractivity contribution in [3.05, 3.63) is 30.3 Å². The molecule has 0 spiro atoms. The average Bonchev–Trinajstić information content (AvgIpc) is 3.20. The average molecular weight is 531 g/mol. The first-order valence-electron chi connectivity index (χ1n) is 13.2. The Morgan fingerprint density at radius 3 is 1.70 bits per heavy atom. The summed E-state index contributed by atoms with van der Waals surface area (Å²) in [7, 11) is 0. The number of anilines is 1. The molecule has 1 unspecified atom stereocenters. The first-order valence-corrected chi connectivity index (χ1v) is 13.2. The van der Waals surface area contributed by atoms with Crippen LogP contribution in [0, 0.1) is 5.92 Å². The third-order valence-corrected chi connectivity index (χ3v) is 4.68. The molecule has 1 aromatic rings. The van der Waals surface area contributed by atoms with E-state index in [-0.39, 0.29) is 31.6 Å². The highest BCUT2D eigenvalue weighted by Crippen LogP contribution is 2.22. The van der Waals surface area contributed by atoms with Gasteiger partial charge in [0.25, 0.3) is 11.8 Å². The fourth-order valence-corrected chi connectivity index (χ4v) is 2.79. The molecule has 1 atom stereocenters. The number of ether oxygens (including phenoxy) is 3. The Morgan fingerprint density at radius 2 is 1.27 bits per heavy atom. The molecule has 1 fully saturated rings.